The van der Waals surface area contributed by atoms with Crippen LogP contribution in [0.5, 0.6) is 23.1 Å². The second-order valence-electron chi connectivity index (χ2n) is 10.7. The second-order valence-corrected chi connectivity index (χ2v) is 10.7. The topological polar surface area (TPSA) is 142 Å². The standard InChI is InChI=1S/C29H33N7O5/c1-29(2,3)24-15-25(36(35-24)18-9-10-30-26(37)12-18)34-28(38)33-17-7-6-8-19(11-17)41-27-20-13-22(39-4)23(40-5)14-21(20)31-16-32-27/h6-8,11,13-16,18H,9-10,12H2,1-5H3,(H,30,37)(H2,33,34,38). The van der Waals surface area contributed by atoms with Gasteiger partial charge in [-0.2, -0.15) is 5.10 Å². The molecule has 0 bridgehead atoms. The van der Waals surface area contributed by atoms with Crippen molar-refractivity contribution in [2.45, 2.75) is 45.1 Å². The van der Waals surface area contributed by atoms with Gasteiger partial charge < -0.3 is 24.8 Å². The van der Waals surface area contributed by atoms with Gasteiger partial charge in [-0.15, -0.1) is 0 Å². The van der Waals surface area contributed by atoms with E-state index in [1.54, 1.807) is 55.3 Å². The lowest BCUT2D eigenvalue weighted by molar-refractivity contribution is -0.123. The molecule has 0 spiro atoms. The maximum atomic E-state index is 13.1. The minimum atomic E-state index is -0.451. The monoisotopic (exact) mass is 559 g/mol. The van der Waals surface area contributed by atoms with Crippen LogP contribution in [0.2, 0.25) is 0 Å². The molecule has 1 saturated heterocycles. The van der Waals surface area contributed by atoms with E-state index in [0.29, 0.717) is 58.5 Å². The number of anilines is 2. The average molecular weight is 560 g/mol. The molecular weight excluding hydrogens is 526 g/mol. The van der Waals surface area contributed by atoms with Gasteiger partial charge in [0, 0.05) is 42.3 Å². The van der Waals surface area contributed by atoms with Crippen LogP contribution in [0.4, 0.5) is 16.3 Å². The van der Waals surface area contributed by atoms with Crippen molar-refractivity contribution in [2.24, 2.45) is 0 Å². The normalized spacial score (nSPS) is 15.2. The zero-order chi connectivity index (χ0) is 29.1. The van der Waals surface area contributed by atoms with Crippen LogP contribution >= 0.6 is 0 Å². The van der Waals surface area contributed by atoms with E-state index < -0.39 is 6.03 Å². The summed E-state index contributed by atoms with van der Waals surface area (Å²) in [5.41, 5.74) is 1.72. The first kappa shape index (κ1) is 27.7. The summed E-state index contributed by atoms with van der Waals surface area (Å²) in [5.74, 6) is 2.35. The number of hydrogen-bond acceptors (Lipinski definition) is 8. The summed E-state index contributed by atoms with van der Waals surface area (Å²) in [6, 6.07) is 11.7. The van der Waals surface area contributed by atoms with Crippen molar-refractivity contribution < 1.29 is 23.8 Å². The molecule has 1 unspecified atom stereocenters. The summed E-state index contributed by atoms with van der Waals surface area (Å²) < 4.78 is 18.6. The third-order valence-corrected chi connectivity index (χ3v) is 6.72. The summed E-state index contributed by atoms with van der Waals surface area (Å²) in [4.78, 5) is 33.7. The predicted molar refractivity (Wildman–Crippen MR) is 154 cm³/mol. The van der Waals surface area contributed by atoms with Gasteiger partial charge in [-0.1, -0.05) is 26.8 Å². The average Bonchev–Trinajstić information content (AvgIpc) is 3.37. The zero-order valence-corrected chi connectivity index (χ0v) is 23.6. The van der Waals surface area contributed by atoms with Crippen molar-refractivity contribution in [1.29, 1.82) is 0 Å². The van der Waals surface area contributed by atoms with Crippen molar-refractivity contribution >= 4 is 34.3 Å². The molecule has 1 atom stereocenters. The first-order valence-electron chi connectivity index (χ1n) is 13.2. The Bertz CT molecular complexity index is 1590. The largest absolute Gasteiger partial charge is 0.493 e. The molecule has 2 aromatic carbocycles. The molecule has 1 aliphatic heterocycles. The van der Waals surface area contributed by atoms with Gasteiger partial charge in [-0.3, -0.25) is 10.1 Å². The molecule has 3 heterocycles. The van der Waals surface area contributed by atoms with Gasteiger partial charge in [0.1, 0.15) is 17.9 Å². The van der Waals surface area contributed by atoms with Crippen LogP contribution in [0.1, 0.15) is 45.3 Å². The molecular formula is C29H33N7O5. The molecule has 3 N–H and O–H groups in total. The van der Waals surface area contributed by atoms with Crippen molar-refractivity contribution in [3.05, 3.63) is 54.5 Å². The SMILES string of the molecule is COc1cc2ncnc(Oc3cccc(NC(=O)Nc4cc(C(C)(C)C)nn4C4CCNC(=O)C4)c3)c2cc1OC. The van der Waals surface area contributed by atoms with Gasteiger partial charge >= 0.3 is 6.03 Å². The molecule has 2 aromatic heterocycles. The number of nitrogens with one attached hydrogen (secondary N) is 3. The molecule has 0 radical (unpaired) electrons. The Morgan fingerprint density at radius 1 is 1.05 bits per heavy atom. The number of aromatic nitrogens is 4. The Labute approximate surface area is 237 Å². The lowest BCUT2D eigenvalue weighted by Crippen LogP contribution is -2.35. The van der Waals surface area contributed by atoms with Crippen LogP contribution < -0.4 is 30.2 Å². The Morgan fingerprint density at radius 3 is 2.56 bits per heavy atom. The maximum Gasteiger partial charge on any atom is 0.324 e. The van der Waals surface area contributed by atoms with Crippen molar-refractivity contribution in [3.8, 4) is 23.1 Å². The number of methoxy groups -OCH3 is 2. The molecule has 0 saturated carbocycles. The highest BCUT2D eigenvalue weighted by molar-refractivity contribution is 5.99. The van der Waals surface area contributed by atoms with Gasteiger partial charge in [0.25, 0.3) is 0 Å². The van der Waals surface area contributed by atoms with E-state index in [1.807, 2.05) is 6.07 Å². The molecule has 41 heavy (non-hydrogen) atoms. The molecule has 3 amide bonds. The molecule has 214 valence electrons. The fourth-order valence-electron chi connectivity index (χ4n) is 4.58. The number of ether oxygens (including phenoxy) is 3. The minimum absolute atomic E-state index is 0.0321. The van der Waals surface area contributed by atoms with E-state index in [4.69, 9.17) is 19.3 Å². The van der Waals surface area contributed by atoms with Crippen LogP contribution in [0.3, 0.4) is 0 Å². The molecule has 1 aliphatic rings. The molecule has 1 fully saturated rings. The number of piperidine rings is 1. The van der Waals surface area contributed by atoms with Crippen molar-refractivity contribution in [3.63, 3.8) is 0 Å². The van der Waals surface area contributed by atoms with E-state index >= 15 is 0 Å². The highest BCUT2D eigenvalue weighted by Crippen LogP contribution is 2.36. The summed E-state index contributed by atoms with van der Waals surface area (Å²) >= 11 is 0. The Hall–Kier alpha value is -4.87. The van der Waals surface area contributed by atoms with Gasteiger partial charge in [0.05, 0.1) is 36.9 Å². The summed E-state index contributed by atoms with van der Waals surface area (Å²) in [7, 11) is 3.11. The third kappa shape index (κ3) is 6.16. The minimum Gasteiger partial charge on any atom is -0.493 e. The van der Waals surface area contributed by atoms with Gasteiger partial charge in [0.15, 0.2) is 11.5 Å². The van der Waals surface area contributed by atoms with Gasteiger partial charge in [0.2, 0.25) is 11.8 Å². The fraction of sp³-hybridized carbons (Fsp3) is 0.345. The van der Waals surface area contributed by atoms with E-state index in [-0.39, 0.29) is 17.4 Å². The zero-order valence-electron chi connectivity index (χ0n) is 23.6. The molecule has 0 aliphatic carbocycles. The number of carbonyl (C=O) groups is 2. The van der Waals surface area contributed by atoms with Crippen LogP contribution in [0.15, 0.2) is 48.8 Å². The first-order chi connectivity index (χ1) is 19.6. The van der Waals surface area contributed by atoms with E-state index in [0.717, 1.165) is 12.1 Å². The van der Waals surface area contributed by atoms with Gasteiger partial charge in [-0.25, -0.2) is 19.4 Å². The number of benzene rings is 2. The third-order valence-electron chi connectivity index (χ3n) is 6.72. The van der Waals surface area contributed by atoms with Crippen molar-refractivity contribution in [2.75, 3.05) is 31.4 Å². The number of amides is 3. The Morgan fingerprint density at radius 2 is 1.83 bits per heavy atom. The Kier molecular flexibility index (Phi) is 7.64. The van der Waals surface area contributed by atoms with Crippen LogP contribution in [0, 0.1) is 0 Å². The predicted octanol–water partition coefficient (Wildman–Crippen LogP) is 5.03. The van der Waals surface area contributed by atoms with Crippen LogP contribution in [0.25, 0.3) is 10.9 Å². The first-order valence-corrected chi connectivity index (χ1v) is 13.2. The lowest BCUT2D eigenvalue weighted by atomic mass is 9.92. The summed E-state index contributed by atoms with van der Waals surface area (Å²) in [6.07, 6.45) is 2.43. The number of fused-ring (bicyclic) bond motifs is 1. The van der Waals surface area contributed by atoms with E-state index in [9.17, 15) is 9.59 Å². The smallest absolute Gasteiger partial charge is 0.324 e. The van der Waals surface area contributed by atoms with Crippen LogP contribution in [-0.2, 0) is 10.2 Å². The van der Waals surface area contributed by atoms with Crippen LogP contribution in [-0.4, -0.2) is 52.5 Å². The maximum absolute atomic E-state index is 13.1. The van der Waals surface area contributed by atoms with E-state index in [2.05, 4.69) is 46.7 Å². The molecule has 5 rings (SSSR count). The number of rotatable bonds is 7. The molecule has 4 aromatic rings. The number of carbonyl (C=O) groups excluding carboxylic acids is 2. The fourth-order valence-corrected chi connectivity index (χ4v) is 4.58. The quantitative estimate of drug-likeness (QED) is 0.286. The summed E-state index contributed by atoms with van der Waals surface area (Å²) in [5, 5.41) is 14.0. The second kappa shape index (κ2) is 11.3. The number of nitrogens with zero attached hydrogens (tertiary/aromatic N) is 4. The van der Waals surface area contributed by atoms with Crippen molar-refractivity contribution in [1.82, 2.24) is 25.1 Å². The molecule has 12 heteroatoms. The van der Waals surface area contributed by atoms with E-state index in [1.165, 1.54) is 6.33 Å². The number of hydrogen-bond donors (Lipinski definition) is 3. The highest BCUT2D eigenvalue weighted by atomic mass is 16.5. The summed E-state index contributed by atoms with van der Waals surface area (Å²) in [6.45, 7) is 6.72. The number of urea groups is 1. The molecule has 12 nitrogen and oxygen atoms in total. The van der Waals surface area contributed by atoms with Gasteiger partial charge in [-0.05, 0) is 24.6 Å². The highest BCUT2D eigenvalue weighted by Gasteiger charge is 2.27. The lowest BCUT2D eigenvalue weighted by Gasteiger charge is -2.24. The Balaban J connectivity index is 1.34.